The van der Waals surface area contributed by atoms with E-state index >= 15 is 0 Å². The summed E-state index contributed by atoms with van der Waals surface area (Å²) in [7, 11) is 0. The molecule has 0 spiro atoms. The van der Waals surface area contributed by atoms with Crippen LogP contribution >= 0.6 is 15.9 Å². The SMILES string of the molecule is CCCNc1ncc(Br)c(-n2ccc(C(F)(F)F)n2)n1. The molecular formula is C11H11BrF3N5. The standard InChI is InChI=1S/C11H11BrF3N5/c1-2-4-16-10-17-6-7(12)9(18-10)20-5-3-8(19-20)11(13,14)15/h3,5-6H,2,4H2,1H3,(H,16,17,18). The monoisotopic (exact) mass is 349 g/mol. The number of hydrogen-bond donors (Lipinski definition) is 1. The molecule has 0 fully saturated rings. The largest absolute Gasteiger partial charge is 0.435 e. The molecule has 0 aromatic carbocycles. The molecule has 0 unspecified atom stereocenters. The molecule has 9 heteroatoms. The van der Waals surface area contributed by atoms with Crippen molar-refractivity contribution in [1.29, 1.82) is 0 Å². The van der Waals surface area contributed by atoms with Gasteiger partial charge in [0.25, 0.3) is 0 Å². The summed E-state index contributed by atoms with van der Waals surface area (Å²) in [5.41, 5.74) is -0.967. The number of nitrogens with one attached hydrogen (secondary N) is 1. The van der Waals surface area contributed by atoms with Crippen molar-refractivity contribution in [1.82, 2.24) is 19.7 Å². The van der Waals surface area contributed by atoms with Crippen molar-refractivity contribution in [2.75, 3.05) is 11.9 Å². The van der Waals surface area contributed by atoms with Crippen LogP contribution in [0.3, 0.4) is 0 Å². The molecule has 2 aromatic heterocycles. The molecule has 0 radical (unpaired) electrons. The first-order valence-corrected chi connectivity index (χ1v) is 6.60. The van der Waals surface area contributed by atoms with Crippen LogP contribution < -0.4 is 5.32 Å². The van der Waals surface area contributed by atoms with Gasteiger partial charge < -0.3 is 5.32 Å². The van der Waals surface area contributed by atoms with E-state index in [-0.39, 0.29) is 5.82 Å². The van der Waals surface area contributed by atoms with Gasteiger partial charge in [-0.1, -0.05) is 6.92 Å². The van der Waals surface area contributed by atoms with Gasteiger partial charge in [-0.2, -0.15) is 23.3 Å². The quantitative estimate of drug-likeness (QED) is 0.920. The van der Waals surface area contributed by atoms with E-state index in [0.29, 0.717) is 17.0 Å². The molecular weight excluding hydrogens is 339 g/mol. The summed E-state index contributed by atoms with van der Waals surface area (Å²) in [5, 5.41) is 6.44. The van der Waals surface area contributed by atoms with Crippen molar-refractivity contribution in [3.63, 3.8) is 0 Å². The van der Waals surface area contributed by atoms with Gasteiger partial charge in [0, 0.05) is 18.9 Å². The fourth-order valence-corrected chi connectivity index (χ4v) is 1.81. The number of nitrogens with zero attached hydrogens (tertiary/aromatic N) is 4. The molecule has 0 aliphatic carbocycles. The maximum absolute atomic E-state index is 12.5. The van der Waals surface area contributed by atoms with Gasteiger partial charge in [-0.3, -0.25) is 0 Å². The number of rotatable bonds is 4. The molecule has 0 saturated heterocycles. The summed E-state index contributed by atoms with van der Waals surface area (Å²) < 4.78 is 39.1. The third-order valence-electron chi connectivity index (χ3n) is 2.36. The molecule has 2 rings (SSSR count). The van der Waals surface area contributed by atoms with Gasteiger partial charge in [-0.25, -0.2) is 9.67 Å². The average molecular weight is 350 g/mol. The normalized spacial score (nSPS) is 11.7. The molecule has 0 aliphatic rings. The minimum atomic E-state index is -4.48. The number of alkyl halides is 3. The van der Waals surface area contributed by atoms with Crippen LogP contribution in [0.5, 0.6) is 0 Å². The molecule has 0 aliphatic heterocycles. The topological polar surface area (TPSA) is 55.6 Å². The number of anilines is 1. The Labute approximate surface area is 121 Å². The Bertz CT molecular complexity index is 596. The Morgan fingerprint density at radius 1 is 1.40 bits per heavy atom. The highest BCUT2D eigenvalue weighted by atomic mass is 79.9. The molecule has 0 bridgehead atoms. The smallest absolute Gasteiger partial charge is 0.354 e. The molecule has 1 N–H and O–H groups in total. The van der Waals surface area contributed by atoms with Gasteiger partial charge >= 0.3 is 6.18 Å². The van der Waals surface area contributed by atoms with Crippen molar-refractivity contribution in [2.24, 2.45) is 0 Å². The van der Waals surface area contributed by atoms with Crippen molar-refractivity contribution in [2.45, 2.75) is 19.5 Å². The van der Waals surface area contributed by atoms with Crippen molar-refractivity contribution >= 4 is 21.9 Å². The average Bonchev–Trinajstić information content (AvgIpc) is 2.87. The molecule has 108 valence electrons. The summed E-state index contributed by atoms with van der Waals surface area (Å²) in [4.78, 5) is 8.16. The zero-order valence-corrected chi connectivity index (χ0v) is 12.0. The number of hydrogen-bond acceptors (Lipinski definition) is 4. The van der Waals surface area contributed by atoms with E-state index in [1.54, 1.807) is 0 Å². The lowest BCUT2D eigenvalue weighted by atomic mass is 10.4. The van der Waals surface area contributed by atoms with Crippen LogP contribution in [0.15, 0.2) is 22.9 Å². The zero-order chi connectivity index (χ0) is 14.8. The van der Waals surface area contributed by atoms with Crippen LogP contribution in [0.1, 0.15) is 19.0 Å². The minimum Gasteiger partial charge on any atom is -0.354 e. The Hall–Kier alpha value is -1.64. The van der Waals surface area contributed by atoms with Crippen LogP contribution in [0, 0.1) is 0 Å². The minimum absolute atomic E-state index is 0.245. The highest BCUT2D eigenvalue weighted by Gasteiger charge is 2.33. The first kappa shape index (κ1) is 14.8. The summed E-state index contributed by atoms with van der Waals surface area (Å²) in [6.07, 6.45) is -0.919. The van der Waals surface area contributed by atoms with E-state index in [1.807, 2.05) is 6.92 Å². The predicted molar refractivity (Wildman–Crippen MR) is 70.6 cm³/mol. The van der Waals surface area contributed by atoms with Gasteiger partial charge in [-0.15, -0.1) is 0 Å². The predicted octanol–water partition coefficient (Wildman–Crippen LogP) is 3.27. The highest BCUT2D eigenvalue weighted by Crippen LogP contribution is 2.28. The maximum atomic E-state index is 12.5. The molecule has 0 amide bonds. The first-order valence-electron chi connectivity index (χ1n) is 5.81. The van der Waals surface area contributed by atoms with Crippen molar-refractivity contribution in [3.8, 4) is 5.82 Å². The second-order valence-electron chi connectivity index (χ2n) is 3.94. The second-order valence-corrected chi connectivity index (χ2v) is 4.79. The molecule has 0 atom stereocenters. The number of aromatic nitrogens is 4. The third kappa shape index (κ3) is 3.27. The maximum Gasteiger partial charge on any atom is 0.435 e. The van der Waals surface area contributed by atoms with E-state index in [4.69, 9.17) is 0 Å². The van der Waals surface area contributed by atoms with Crippen LogP contribution in [0.4, 0.5) is 19.1 Å². The number of halogens is 4. The highest BCUT2D eigenvalue weighted by molar-refractivity contribution is 9.10. The van der Waals surface area contributed by atoms with Crippen molar-refractivity contribution in [3.05, 3.63) is 28.6 Å². The van der Waals surface area contributed by atoms with Crippen molar-refractivity contribution < 1.29 is 13.2 Å². The van der Waals surface area contributed by atoms with E-state index in [2.05, 4.69) is 36.3 Å². The Morgan fingerprint density at radius 3 is 2.75 bits per heavy atom. The zero-order valence-electron chi connectivity index (χ0n) is 10.4. The van der Waals surface area contributed by atoms with Crippen LogP contribution in [-0.2, 0) is 6.18 Å². The van der Waals surface area contributed by atoms with Gasteiger partial charge in [0.2, 0.25) is 5.95 Å². The van der Waals surface area contributed by atoms with E-state index in [0.717, 1.165) is 17.2 Å². The molecule has 0 saturated carbocycles. The Kier molecular flexibility index (Phi) is 4.26. The third-order valence-corrected chi connectivity index (χ3v) is 2.91. The molecule has 20 heavy (non-hydrogen) atoms. The summed E-state index contributed by atoms with van der Waals surface area (Å²) >= 11 is 3.20. The Balaban J connectivity index is 2.34. The Morgan fingerprint density at radius 2 is 2.15 bits per heavy atom. The fraction of sp³-hybridized carbons (Fsp3) is 0.364. The van der Waals surface area contributed by atoms with Gasteiger partial charge in [-0.05, 0) is 28.4 Å². The summed E-state index contributed by atoms with van der Waals surface area (Å²) in [6.45, 7) is 2.66. The lowest BCUT2D eigenvalue weighted by Crippen LogP contribution is -2.10. The molecule has 2 heterocycles. The summed E-state index contributed by atoms with van der Waals surface area (Å²) in [5.74, 6) is 0.586. The lowest BCUT2D eigenvalue weighted by Gasteiger charge is -2.07. The van der Waals surface area contributed by atoms with Crippen LogP contribution in [0.25, 0.3) is 5.82 Å². The van der Waals surface area contributed by atoms with Gasteiger partial charge in [0.15, 0.2) is 11.5 Å². The summed E-state index contributed by atoms with van der Waals surface area (Å²) in [6, 6.07) is 0.897. The van der Waals surface area contributed by atoms with E-state index < -0.39 is 11.9 Å². The molecule has 5 nitrogen and oxygen atoms in total. The second kappa shape index (κ2) is 5.78. The van der Waals surface area contributed by atoms with Gasteiger partial charge in [0.05, 0.1) is 4.47 Å². The van der Waals surface area contributed by atoms with Gasteiger partial charge in [0.1, 0.15) is 0 Å². The fourth-order valence-electron chi connectivity index (χ4n) is 1.43. The molecule has 2 aromatic rings. The van der Waals surface area contributed by atoms with Crippen LogP contribution in [-0.4, -0.2) is 26.3 Å². The van der Waals surface area contributed by atoms with E-state index in [9.17, 15) is 13.2 Å². The first-order chi connectivity index (χ1) is 9.41. The van der Waals surface area contributed by atoms with E-state index in [1.165, 1.54) is 12.4 Å². The lowest BCUT2D eigenvalue weighted by molar-refractivity contribution is -0.141. The van der Waals surface area contributed by atoms with Crippen LogP contribution in [0.2, 0.25) is 0 Å².